The second-order valence-electron chi connectivity index (χ2n) is 4.94. The monoisotopic (exact) mass is 280 g/mol. The van der Waals surface area contributed by atoms with E-state index < -0.39 is 0 Å². The minimum absolute atomic E-state index is 0.118. The van der Waals surface area contributed by atoms with Crippen LogP contribution in [0.4, 0.5) is 0 Å². The highest BCUT2D eigenvalue weighted by Gasteiger charge is 2.09. The Morgan fingerprint density at radius 3 is 2.81 bits per heavy atom. The van der Waals surface area contributed by atoms with Gasteiger partial charge in [0.05, 0.1) is 12.2 Å². The van der Waals surface area contributed by atoms with Gasteiger partial charge in [0.1, 0.15) is 0 Å². The first-order valence-electron chi connectivity index (χ1n) is 6.67. The highest BCUT2D eigenvalue weighted by atomic mass is 16.4. The molecule has 0 amide bonds. The summed E-state index contributed by atoms with van der Waals surface area (Å²) in [5.74, 6) is 0.118. The van der Waals surface area contributed by atoms with Crippen molar-refractivity contribution in [1.82, 2.24) is 9.55 Å². The zero-order chi connectivity index (χ0) is 14.8. The van der Waals surface area contributed by atoms with Crippen LogP contribution >= 0.6 is 0 Å². The summed E-state index contributed by atoms with van der Waals surface area (Å²) in [6.45, 7) is 2.67. The van der Waals surface area contributed by atoms with Gasteiger partial charge in [-0.1, -0.05) is 23.4 Å². The molecular formula is C16H16N4O. The molecule has 21 heavy (non-hydrogen) atoms. The Labute approximate surface area is 122 Å². The molecule has 0 atom stereocenters. The Hall–Kier alpha value is -2.82. The normalized spacial score (nSPS) is 12.0. The highest BCUT2D eigenvalue weighted by Crippen LogP contribution is 2.21. The number of amidine groups is 1. The molecule has 5 heteroatoms. The molecule has 3 rings (SSSR count). The zero-order valence-electron chi connectivity index (χ0n) is 11.7. The quantitative estimate of drug-likeness (QED) is 0.335. The molecule has 0 saturated carbocycles. The summed E-state index contributed by atoms with van der Waals surface area (Å²) in [5.41, 5.74) is 9.48. The topological polar surface area (TPSA) is 76.4 Å². The number of fused-ring (bicyclic) bond motifs is 1. The lowest BCUT2D eigenvalue weighted by atomic mass is 10.1. The predicted octanol–water partition coefficient (Wildman–Crippen LogP) is 2.49. The number of pyridine rings is 1. The van der Waals surface area contributed by atoms with Gasteiger partial charge in [-0.25, -0.2) is 0 Å². The molecule has 0 fully saturated rings. The van der Waals surface area contributed by atoms with Gasteiger partial charge in [0.2, 0.25) is 0 Å². The van der Waals surface area contributed by atoms with Crippen LogP contribution in [0.3, 0.4) is 0 Å². The summed E-state index contributed by atoms with van der Waals surface area (Å²) >= 11 is 0. The SMILES string of the molecule is Cc1cccc(Cn2ccc3c(/C(N)=N/O)cccc32)n1. The van der Waals surface area contributed by atoms with Gasteiger partial charge in [-0.2, -0.15) is 0 Å². The molecule has 0 unspecified atom stereocenters. The summed E-state index contributed by atoms with van der Waals surface area (Å²) in [6, 6.07) is 13.7. The number of nitrogens with two attached hydrogens (primary N) is 1. The molecule has 0 radical (unpaired) electrons. The second kappa shape index (κ2) is 5.28. The maximum atomic E-state index is 8.87. The van der Waals surface area contributed by atoms with Crippen molar-refractivity contribution in [2.75, 3.05) is 0 Å². The summed E-state index contributed by atoms with van der Waals surface area (Å²) in [7, 11) is 0. The van der Waals surface area contributed by atoms with Crippen LogP contribution in [-0.2, 0) is 6.54 Å². The second-order valence-corrected chi connectivity index (χ2v) is 4.94. The predicted molar refractivity (Wildman–Crippen MR) is 82.5 cm³/mol. The summed E-state index contributed by atoms with van der Waals surface area (Å²) in [6.07, 6.45) is 1.99. The van der Waals surface area contributed by atoms with Crippen molar-refractivity contribution in [1.29, 1.82) is 0 Å². The molecule has 2 heterocycles. The van der Waals surface area contributed by atoms with E-state index in [1.807, 2.05) is 55.6 Å². The molecule has 0 spiro atoms. The molecule has 3 aromatic rings. The molecular weight excluding hydrogens is 264 g/mol. The zero-order valence-corrected chi connectivity index (χ0v) is 11.7. The van der Waals surface area contributed by atoms with Crippen LogP contribution in [0.25, 0.3) is 10.9 Å². The van der Waals surface area contributed by atoms with Gasteiger partial charge in [-0.05, 0) is 31.2 Å². The van der Waals surface area contributed by atoms with Crippen LogP contribution in [0.1, 0.15) is 17.0 Å². The van der Waals surface area contributed by atoms with E-state index in [0.717, 1.165) is 27.9 Å². The molecule has 0 aliphatic heterocycles. The average molecular weight is 280 g/mol. The summed E-state index contributed by atoms with van der Waals surface area (Å²) in [5, 5.41) is 12.9. The van der Waals surface area contributed by atoms with E-state index in [2.05, 4.69) is 14.7 Å². The number of rotatable bonds is 3. The van der Waals surface area contributed by atoms with Gasteiger partial charge >= 0.3 is 0 Å². The molecule has 2 aromatic heterocycles. The summed E-state index contributed by atoms with van der Waals surface area (Å²) in [4.78, 5) is 4.52. The van der Waals surface area contributed by atoms with Gasteiger partial charge in [-0.15, -0.1) is 0 Å². The van der Waals surface area contributed by atoms with E-state index in [-0.39, 0.29) is 5.84 Å². The van der Waals surface area contributed by atoms with Crippen molar-refractivity contribution in [3.05, 3.63) is 65.6 Å². The third-order valence-corrected chi connectivity index (χ3v) is 3.48. The van der Waals surface area contributed by atoms with E-state index in [1.165, 1.54) is 0 Å². The fourth-order valence-electron chi connectivity index (χ4n) is 2.50. The maximum absolute atomic E-state index is 8.87. The summed E-state index contributed by atoms with van der Waals surface area (Å²) < 4.78 is 2.10. The Morgan fingerprint density at radius 2 is 2.05 bits per heavy atom. The van der Waals surface area contributed by atoms with E-state index >= 15 is 0 Å². The van der Waals surface area contributed by atoms with Gasteiger partial charge in [-0.3, -0.25) is 4.98 Å². The first-order valence-corrected chi connectivity index (χ1v) is 6.67. The number of hydrogen-bond acceptors (Lipinski definition) is 3. The van der Waals surface area contributed by atoms with Gasteiger partial charge < -0.3 is 15.5 Å². The minimum atomic E-state index is 0.118. The molecule has 0 aliphatic rings. The molecule has 0 bridgehead atoms. The van der Waals surface area contributed by atoms with Crippen LogP contribution in [-0.4, -0.2) is 20.6 Å². The molecule has 0 aliphatic carbocycles. The first kappa shape index (κ1) is 13.2. The van der Waals surface area contributed by atoms with Crippen molar-refractivity contribution in [2.45, 2.75) is 13.5 Å². The highest BCUT2D eigenvalue weighted by molar-refractivity contribution is 6.08. The Morgan fingerprint density at radius 1 is 1.24 bits per heavy atom. The number of hydrogen-bond donors (Lipinski definition) is 2. The third kappa shape index (κ3) is 2.45. The molecule has 106 valence electrons. The van der Waals surface area contributed by atoms with E-state index in [0.29, 0.717) is 6.54 Å². The van der Waals surface area contributed by atoms with Crippen LogP contribution in [0.5, 0.6) is 0 Å². The number of aryl methyl sites for hydroxylation is 1. The number of aromatic nitrogens is 2. The first-order chi connectivity index (χ1) is 10.2. The lowest BCUT2D eigenvalue weighted by Gasteiger charge is -2.07. The van der Waals surface area contributed by atoms with E-state index in [1.54, 1.807) is 0 Å². The Kier molecular flexibility index (Phi) is 3.31. The van der Waals surface area contributed by atoms with Crippen LogP contribution in [0, 0.1) is 6.92 Å². The van der Waals surface area contributed by atoms with Crippen molar-refractivity contribution in [3.63, 3.8) is 0 Å². The van der Waals surface area contributed by atoms with Crippen molar-refractivity contribution < 1.29 is 5.21 Å². The number of nitrogens with zero attached hydrogens (tertiary/aromatic N) is 3. The fraction of sp³-hybridized carbons (Fsp3) is 0.125. The van der Waals surface area contributed by atoms with Crippen LogP contribution in [0.15, 0.2) is 53.8 Å². The maximum Gasteiger partial charge on any atom is 0.170 e. The molecule has 5 nitrogen and oxygen atoms in total. The third-order valence-electron chi connectivity index (χ3n) is 3.48. The largest absolute Gasteiger partial charge is 0.409 e. The fourth-order valence-corrected chi connectivity index (χ4v) is 2.50. The lowest BCUT2D eigenvalue weighted by Crippen LogP contribution is -2.13. The van der Waals surface area contributed by atoms with E-state index in [4.69, 9.17) is 10.9 Å². The van der Waals surface area contributed by atoms with Gasteiger partial charge in [0.25, 0.3) is 0 Å². The molecule has 1 aromatic carbocycles. The Bertz CT molecular complexity index is 820. The average Bonchev–Trinajstić information content (AvgIpc) is 2.90. The number of oxime groups is 1. The minimum Gasteiger partial charge on any atom is -0.409 e. The van der Waals surface area contributed by atoms with Crippen LogP contribution in [0.2, 0.25) is 0 Å². The molecule has 0 saturated heterocycles. The van der Waals surface area contributed by atoms with Gasteiger partial charge in [0, 0.05) is 28.4 Å². The standard InChI is InChI=1S/C16H16N4O/c1-11-4-2-5-12(18-11)10-20-9-8-13-14(16(17)19-21)6-3-7-15(13)20/h2-9,21H,10H2,1H3,(H2,17,19). The molecule has 3 N–H and O–H groups in total. The van der Waals surface area contributed by atoms with Crippen molar-refractivity contribution >= 4 is 16.7 Å². The lowest BCUT2D eigenvalue weighted by molar-refractivity contribution is 0.318. The number of benzene rings is 1. The van der Waals surface area contributed by atoms with E-state index in [9.17, 15) is 0 Å². The smallest absolute Gasteiger partial charge is 0.170 e. The van der Waals surface area contributed by atoms with Crippen molar-refractivity contribution in [3.8, 4) is 0 Å². The van der Waals surface area contributed by atoms with Gasteiger partial charge in [0.15, 0.2) is 5.84 Å². The van der Waals surface area contributed by atoms with Crippen molar-refractivity contribution in [2.24, 2.45) is 10.9 Å². The Balaban J connectivity index is 2.05. The van der Waals surface area contributed by atoms with Crippen LogP contribution < -0.4 is 5.73 Å².